The Hall–Kier alpha value is -0.810. The van der Waals surface area contributed by atoms with Gasteiger partial charge in [-0.15, -0.1) is 0 Å². The molecule has 18 heavy (non-hydrogen) atoms. The fourth-order valence-electron chi connectivity index (χ4n) is 2.38. The molecule has 1 aromatic carbocycles. The lowest BCUT2D eigenvalue weighted by atomic mass is 10.2. The number of guanidine groups is 1. The summed E-state index contributed by atoms with van der Waals surface area (Å²) in [5, 5.41) is 0. The number of benzene rings is 1. The van der Waals surface area contributed by atoms with Crippen molar-refractivity contribution in [2.45, 2.75) is 13.8 Å². The van der Waals surface area contributed by atoms with E-state index in [2.05, 4.69) is 78.8 Å². The first-order valence-electron chi connectivity index (χ1n) is 5.83. The van der Waals surface area contributed by atoms with Gasteiger partial charge in [0.1, 0.15) is 0 Å². The Morgan fingerprint density at radius 1 is 1.17 bits per heavy atom. The van der Waals surface area contributed by atoms with Crippen molar-refractivity contribution in [3.8, 4) is 0 Å². The second-order valence-corrected chi connectivity index (χ2v) is 6.26. The van der Waals surface area contributed by atoms with Crippen LogP contribution in [0.25, 0.3) is 0 Å². The number of allylic oxidation sites excluding steroid dienone is 1. The first-order valence-corrected chi connectivity index (χ1v) is 7.42. The largest absolute Gasteiger partial charge is 0.313 e. The zero-order chi connectivity index (χ0) is 12.9. The van der Waals surface area contributed by atoms with Crippen molar-refractivity contribution in [1.29, 1.82) is 0 Å². The van der Waals surface area contributed by atoms with Crippen molar-refractivity contribution in [2.24, 2.45) is 4.99 Å². The van der Waals surface area contributed by atoms with Gasteiger partial charge in [0.05, 0.1) is 12.2 Å². The molecule has 2 aliphatic heterocycles. The number of nitrogens with zero attached hydrogens (tertiary/aromatic N) is 3. The Morgan fingerprint density at radius 2 is 1.83 bits per heavy atom. The molecule has 0 spiro atoms. The zero-order valence-corrected chi connectivity index (χ0v) is 13.4. The van der Waals surface area contributed by atoms with E-state index in [4.69, 9.17) is 0 Å². The normalized spacial score (nSPS) is 18.0. The van der Waals surface area contributed by atoms with E-state index in [1.54, 1.807) is 0 Å². The molecule has 0 saturated carbocycles. The molecule has 0 radical (unpaired) electrons. The van der Waals surface area contributed by atoms with E-state index < -0.39 is 0 Å². The summed E-state index contributed by atoms with van der Waals surface area (Å²) in [5.41, 5.74) is 3.58. The summed E-state index contributed by atoms with van der Waals surface area (Å²) >= 11 is 7.30. The summed E-state index contributed by atoms with van der Waals surface area (Å²) in [4.78, 5) is 8.98. The molecule has 3 nitrogen and oxygen atoms in total. The van der Waals surface area contributed by atoms with Crippen LogP contribution in [-0.2, 0) is 0 Å². The number of aliphatic imine (C=N–C) groups is 1. The van der Waals surface area contributed by atoms with E-state index in [0.29, 0.717) is 0 Å². The molecule has 94 valence electrons. The van der Waals surface area contributed by atoms with Gasteiger partial charge in [0.25, 0.3) is 0 Å². The van der Waals surface area contributed by atoms with Gasteiger partial charge in [-0.25, -0.2) is 0 Å². The maximum atomic E-state index is 4.59. The van der Waals surface area contributed by atoms with E-state index in [0.717, 1.165) is 33.7 Å². The third-order valence-electron chi connectivity index (χ3n) is 3.18. The van der Waals surface area contributed by atoms with Crippen molar-refractivity contribution in [3.63, 3.8) is 0 Å². The molecule has 0 fully saturated rings. The number of fused-ring (bicyclic) bond motifs is 1. The Kier molecular flexibility index (Phi) is 2.98. The number of anilines is 1. The summed E-state index contributed by atoms with van der Waals surface area (Å²) in [5.74, 6) is 1.03. The predicted molar refractivity (Wildman–Crippen MR) is 81.8 cm³/mol. The summed E-state index contributed by atoms with van der Waals surface area (Å²) in [6, 6.07) is 4.25. The van der Waals surface area contributed by atoms with Gasteiger partial charge in [0.15, 0.2) is 0 Å². The van der Waals surface area contributed by atoms with Crippen LogP contribution in [0.4, 0.5) is 5.69 Å². The van der Waals surface area contributed by atoms with Gasteiger partial charge in [-0.2, -0.15) is 0 Å². The van der Waals surface area contributed by atoms with Gasteiger partial charge < -0.3 is 4.90 Å². The minimum atomic E-state index is 0.873. The van der Waals surface area contributed by atoms with Crippen molar-refractivity contribution in [3.05, 3.63) is 38.5 Å². The smallest absolute Gasteiger partial charge is 0.209 e. The van der Waals surface area contributed by atoms with Crippen LogP contribution < -0.4 is 4.90 Å². The third-order valence-corrected chi connectivity index (χ3v) is 4.39. The summed E-state index contributed by atoms with van der Waals surface area (Å²) < 4.78 is 2.16. The molecule has 3 rings (SSSR count). The van der Waals surface area contributed by atoms with Gasteiger partial charge in [0, 0.05) is 27.4 Å². The lowest BCUT2D eigenvalue weighted by Gasteiger charge is -2.22. The zero-order valence-electron chi connectivity index (χ0n) is 10.2. The molecular formula is C13H13Br2N3. The van der Waals surface area contributed by atoms with Crippen LogP contribution in [0.15, 0.2) is 38.0 Å². The lowest BCUT2D eigenvalue weighted by Crippen LogP contribution is -2.31. The van der Waals surface area contributed by atoms with Gasteiger partial charge in [-0.05, 0) is 63.4 Å². The highest BCUT2D eigenvalue weighted by Crippen LogP contribution is 2.39. The summed E-state index contributed by atoms with van der Waals surface area (Å²) in [6.07, 6.45) is 2.14. The Balaban J connectivity index is 2.11. The molecule has 1 aromatic rings. The first kappa shape index (κ1) is 12.2. The summed E-state index contributed by atoms with van der Waals surface area (Å²) in [6.45, 7) is 6.06. The van der Waals surface area contributed by atoms with Gasteiger partial charge in [-0.1, -0.05) is 0 Å². The van der Waals surface area contributed by atoms with Crippen LogP contribution in [-0.4, -0.2) is 23.9 Å². The highest BCUT2D eigenvalue weighted by Gasteiger charge is 2.32. The second-order valence-electron chi connectivity index (χ2n) is 4.55. The number of halogens is 2. The molecule has 5 heteroatoms. The van der Waals surface area contributed by atoms with Gasteiger partial charge in [-0.3, -0.25) is 9.89 Å². The highest BCUT2D eigenvalue weighted by molar-refractivity contribution is 9.11. The minimum Gasteiger partial charge on any atom is -0.313 e. The fraction of sp³-hybridized carbons (Fsp3) is 0.308. The van der Waals surface area contributed by atoms with Crippen LogP contribution in [0.1, 0.15) is 12.5 Å². The monoisotopic (exact) mass is 369 g/mol. The average molecular weight is 371 g/mol. The van der Waals surface area contributed by atoms with E-state index in [1.165, 1.54) is 11.3 Å². The van der Waals surface area contributed by atoms with Crippen LogP contribution in [0.2, 0.25) is 0 Å². The van der Waals surface area contributed by atoms with E-state index in [1.807, 2.05) is 0 Å². The number of hydrogen-bond acceptors (Lipinski definition) is 3. The molecule has 2 heterocycles. The molecule has 0 amide bonds. The Labute approximate surface area is 123 Å². The van der Waals surface area contributed by atoms with E-state index >= 15 is 0 Å². The van der Waals surface area contributed by atoms with Crippen LogP contribution in [0.5, 0.6) is 0 Å². The standard InChI is InChI=1S/C13H13Br2N3/c1-8-5-10(14)12(11(15)6-8)18-7-9(2)17-4-3-16-13(17)18/h5-7H,3-4H2,1-2H3. The molecule has 0 aliphatic carbocycles. The van der Waals surface area contributed by atoms with E-state index in [-0.39, 0.29) is 0 Å². The molecular weight excluding hydrogens is 358 g/mol. The fourth-order valence-corrected chi connectivity index (χ4v) is 4.17. The average Bonchev–Trinajstić information content (AvgIpc) is 2.83. The van der Waals surface area contributed by atoms with E-state index in [9.17, 15) is 0 Å². The van der Waals surface area contributed by atoms with Crippen molar-refractivity contribution in [2.75, 3.05) is 18.0 Å². The van der Waals surface area contributed by atoms with Crippen LogP contribution in [0.3, 0.4) is 0 Å². The molecule has 0 atom stereocenters. The third kappa shape index (κ3) is 1.80. The summed E-state index contributed by atoms with van der Waals surface area (Å²) in [7, 11) is 0. The van der Waals surface area contributed by atoms with Crippen molar-refractivity contribution < 1.29 is 0 Å². The number of rotatable bonds is 1. The lowest BCUT2D eigenvalue weighted by molar-refractivity contribution is 0.572. The van der Waals surface area contributed by atoms with Crippen molar-refractivity contribution in [1.82, 2.24) is 4.90 Å². The Morgan fingerprint density at radius 3 is 2.50 bits per heavy atom. The Bertz CT molecular complexity index is 555. The topological polar surface area (TPSA) is 18.8 Å². The quantitative estimate of drug-likeness (QED) is 0.747. The SMILES string of the molecule is CC1=CN(c2c(Br)cc(C)cc2Br)C2=NCCN12. The van der Waals surface area contributed by atoms with Crippen LogP contribution in [0, 0.1) is 6.92 Å². The minimum absolute atomic E-state index is 0.873. The molecule has 0 bridgehead atoms. The highest BCUT2D eigenvalue weighted by atomic mass is 79.9. The predicted octanol–water partition coefficient (Wildman–Crippen LogP) is 3.87. The maximum Gasteiger partial charge on any atom is 0.209 e. The molecule has 2 aliphatic rings. The molecule has 0 N–H and O–H groups in total. The molecule has 0 unspecified atom stereocenters. The van der Waals surface area contributed by atoms with Gasteiger partial charge >= 0.3 is 0 Å². The first-order chi connectivity index (χ1) is 8.58. The molecule has 0 saturated heterocycles. The maximum absolute atomic E-state index is 4.59. The molecule has 0 aromatic heterocycles. The number of aryl methyl sites for hydroxylation is 1. The van der Waals surface area contributed by atoms with Gasteiger partial charge in [0.2, 0.25) is 5.96 Å². The number of hydrogen-bond donors (Lipinski definition) is 0. The van der Waals surface area contributed by atoms with Crippen LogP contribution >= 0.6 is 31.9 Å². The van der Waals surface area contributed by atoms with Crippen molar-refractivity contribution >= 4 is 43.5 Å². The second kappa shape index (κ2) is 4.38.